The minimum atomic E-state index is -0.619. The van der Waals surface area contributed by atoms with Crippen molar-refractivity contribution in [1.82, 2.24) is 4.98 Å². The molecule has 0 unspecified atom stereocenters. The SMILES string of the molecule is COC(=O)c1nc(Cl)cc(NCc2cccs2)c1Cl. The third-order valence-electron chi connectivity index (χ3n) is 2.34. The number of methoxy groups -OCH3 is 1. The van der Waals surface area contributed by atoms with Crippen molar-refractivity contribution >= 4 is 46.2 Å². The molecule has 0 radical (unpaired) electrons. The molecule has 7 heteroatoms. The van der Waals surface area contributed by atoms with Gasteiger partial charge in [-0.25, -0.2) is 9.78 Å². The van der Waals surface area contributed by atoms with Crippen LogP contribution in [0.3, 0.4) is 0 Å². The Balaban J connectivity index is 2.24. The maximum Gasteiger partial charge on any atom is 0.358 e. The van der Waals surface area contributed by atoms with Crippen molar-refractivity contribution in [3.8, 4) is 0 Å². The number of carbonyl (C=O) groups excluding carboxylic acids is 1. The molecule has 2 aromatic heterocycles. The fourth-order valence-electron chi connectivity index (χ4n) is 1.45. The van der Waals surface area contributed by atoms with Crippen molar-refractivity contribution in [1.29, 1.82) is 0 Å². The van der Waals surface area contributed by atoms with E-state index in [0.717, 1.165) is 4.88 Å². The summed E-state index contributed by atoms with van der Waals surface area (Å²) in [6, 6.07) is 5.53. The molecule has 4 nitrogen and oxygen atoms in total. The van der Waals surface area contributed by atoms with Gasteiger partial charge >= 0.3 is 5.97 Å². The molecule has 1 N–H and O–H groups in total. The summed E-state index contributed by atoms with van der Waals surface area (Å²) >= 11 is 13.6. The first-order valence-electron chi connectivity index (χ1n) is 5.32. The Morgan fingerprint density at radius 1 is 1.53 bits per heavy atom. The number of nitrogens with one attached hydrogen (secondary N) is 1. The standard InChI is InChI=1S/C12H10Cl2N2O2S/c1-18-12(17)11-10(14)8(5-9(13)16-11)15-6-7-3-2-4-19-7/h2-5H,6H2,1H3,(H,15,16). The number of aromatic nitrogens is 1. The summed E-state index contributed by atoms with van der Waals surface area (Å²) in [5, 5.41) is 5.49. The van der Waals surface area contributed by atoms with Gasteiger partial charge in [-0.05, 0) is 11.4 Å². The van der Waals surface area contributed by atoms with Crippen molar-refractivity contribution in [2.24, 2.45) is 0 Å². The van der Waals surface area contributed by atoms with Gasteiger partial charge in [-0.15, -0.1) is 11.3 Å². The van der Waals surface area contributed by atoms with Crippen LogP contribution in [0, 0.1) is 0 Å². The Bertz CT molecular complexity index is 588. The second-order valence-electron chi connectivity index (χ2n) is 3.58. The van der Waals surface area contributed by atoms with E-state index in [1.165, 1.54) is 7.11 Å². The van der Waals surface area contributed by atoms with Crippen molar-refractivity contribution < 1.29 is 9.53 Å². The summed E-state index contributed by atoms with van der Waals surface area (Å²) in [7, 11) is 1.26. The molecule has 2 rings (SSSR count). The Morgan fingerprint density at radius 2 is 2.32 bits per heavy atom. The second kappa shape index (κ2) is 6.23. The lowest BCUT2D eigenvalue weighted by Gasteiger charge is -2.10. The number of nitrogens with zero attached hydrogens (tertiary/aromatic N) is 1. The van der Waals surface area contributed by atoms with E-state index in [1.54, 1.807) is 17.4 Å². The van der Waals surface area contributed by atoms with E-state index in [0.29, 0.717) is 12.2 Å². The van der Waals surface area contributed by atoms with Gasteiger partial charge in [0.25, 0.3) is 0 Å². The average Bonchev–Trinajstić information content (AvgIpc) is 2.91. The van der Waals surface area contributed by atoms with Crippen LogP contribution >= 0.6 is 34.5 Å². The highest BCUT2D eigenvalue weighted by Crippen LogP contribution is 2.28. The zero-order chi connectivity index (χ0) is 13.8. The zero-order valence-corrected chi connectivity index (χ0v) is 12.3. The third-order valence-corrected chi connectivity index (χ3v) is 3.79. The van der Waals surface area contributed by atoms with Gasteiger partial charge in [0.2, 0.25) is 0 Å². The topological polar surface area (TPSA) is 51.2 Å². The first kappa shape index (κ1) is 14.1. The van der Waals surface area contributed by atoms with Crippen LogP contribution in [0.5, 0.6) is 0 Å². The van der Waals surface area contributed by atoms with Gasteiger partial charge in [-0.2, -0.15) is 0 Å². The largest absolute Gasteiger partial charge is 0.464 e. The molecular weight excluding hydrogens is 307 g/mol. The number of esters is 1. The molecule has 0 saturated heterocycles. The quantitative estimate of drug-likeness (QED) is 0.687. The smallest absolute Gasteiger partial charge is 0.358 e. The molecule has 2 aromatic rings. The second-order valence-corrected chi connectivity index (χ2v) is 5.38. The van der Waals surface area contributed by atoms with Gasteiger partial charge < -0.3 is 10.1 Å². The zero-order valence-electron chi connectivity index (χ0n) is 9.94. The van der Waals surface area contributed by atoms with Crippen LogP contribution in [0.15, 0.2) is 23.6 Å². The fourth-order valence-corrected chi connectivity index (χ4v) is 2.53. The lowest BCUT2D eigenvalue weighted by molar-refractivity contribution is 0.0594. The van der Waals surface area contributed by atoms with Crippen molar-refractivity contribution in [2.45, 2.75) is 6.54 Å². The highest BCUT2D eigenvalue weighted by molar-refractivity contribution is 7.09. The number of halogens is 2. The third kappa shape index (κ3) is 3.37. The molecule has 0 fully saturated rings. The van der Waals surface area contributed by atoms with Crippen LogP contribution in [0.1, 0.15) is 15.4 Å². The molecule has 0 spiro atoms. The van der Waals surface area contributed by atoms with Crippen molar-refractivity contribution in [3.05, 3.63) is 44.3 Å². The van der Waals surface area contributed by atoms with E-state index < -0.39 is 5.97 Å². The first-order chi connectivity index (χ1) is 9.11. The first-order valence-corrected chi connectivity index (χ1v) is 6.96. The highest BCUT2D eigenvalue weighted by atomic mass is 35.5. The predicted octanol–water partition coefficient (Wildman–Crippen LogP) is 3.85. The summed E-state index contributed by atoms with van der Waals surface area (Å²) in [5.74, 6) is -0.619. The van der Waals surface area contributed by atoms with E-state index in [1.807, 2.05) is 17.5 Å². The molecule has 0 amide bonds. The number of thiophene rings is 1. The summed E-state index contributed by atoms with van der Waals surface area (Å²) in [6.07, 6.45) is 0. The minimum Gasteiger partial charge on any atom is -0.464 e. The van der Waals surface area contributed by atoms with Crippen molar-refractivity contribution in [3.63, 3.8) is 0 Å². The van der Waals surface area contributed by atoms with Crippen LogP contribution in [-0.2, 0) is 11.3 Å². The van der Waals surface area contributed by atoms with E-state index >= 15 is 0 Å². The Morgan fingerprint density at radius 3 is 2.95 bits per heavy atom. The maximum atomic E-state index is 11.5. The minimum absolute atomic E-state index is 0.00495. The lowest BCUT2D eigenvalue weighted by atomic mass is 10.3. The van der Waals surface area contributed by atoms with Gasteiger partial charge in [0.05, 0.1) is 17.8 Å². The van der Waals surface area contributed by atoms with Crippen LogP contribution in [0.25, 0.3) is 0 Å². The molecule has 0 aromatic carbocycles. The number of rotatable bonds is 4. The molecular formula is C12H10Cl2N2O2S. The Kier molecular flexibility index (Phi) is 4.63. The number of anilines is 1. The van der Waals surface area contributed by atoms with Gasteiger partial charge in [-0.1, -0.05) is 29.3 Å². The normalized spacial score (nSPS) is 10.3. The molecule has 0 aliphatic rings. The van der Waals surface area contributed by atoms with E-state index in [2.05, 4.69) is 15.0 Å². The van der Waals surface area contributed by atoms with Crippen LogP contribution in [0.2, 0.25) is 10.2 Å². The van der Waals surface area contributed by atoms with Crippen molar-refractivity contribution in [2.75, 3.05) is 12.4 Å². The van der Waals surface area contributed by atoms with E-state index in [9.17, 15) is 4.79 Å². The summed E-state index contributed by atoms with van der Waals surface area (Å²) in [5.41, 5.74) is 0.556. The van der Waals surface area contributed by atoms with Gasteiger partial charge in [0, 0.05) is 17.5 Å². The summed E-state index contributed by atoms with van der Waals surface area (Å²) in [4.78, 5) is 16.5. The average molecular weight is 317 g/mol. The number of hydrogen-bond acceptors (Lipinski definition) is 5. The van der Waals surface area contributed by atoms with E-state index in [4.69, 9.17) is 23.2 Å². The molecule has 0 aliphatic heterocycles. The molecule has 0 atom stereocenters. The Hall–Kier alpha value is -1.30. The van der Waals surface area contributed by atoms with Gasteiger partial charge in [0.15, 0.2) is 5.69 Å². The molecule has 19 heavy (non-hydrogen) atoms. The maximum absolute atomic E-state index is 11.5. The molecule has 100 valence electrons. The summed E-state index contributed by atoms with van der Waals surface area (Å²) in [6.45, 7) is 0.596. The summed E-state index contributed by atoms with van der Waals surface area (Å²) < 4.78 is 4.61. The lowest BCUT2D eigenvalue weighted by Crippen LogP contribution is -2.08. The number of carbonyl (C=O) groups is 1. The molecule has 0 aliphatic carbocycles. The Labute approximate surface area is 124 Å². The number of pyridine rings is 1. The van der Waals surface area contributed by atoms with Crippen LogP contribution < -0.4 is 5.32 Å². The monoisotopic (exact) mass is 316 g/mol. The van der Waals surface area contributed by atoms with E-state index in [-0.39, 0.29) is 15.9 Å². The molecule has 2 heterocycles. The van der Waals surface area contributed by atoms with Gasteiger partial charge in [-0.3, -0.25) is 0 Å². The van der Waals surface area contributed by atoms with Crippen LogP contribution in [0.4, 0.5) is 5.69 Å². The highest BCUT2D eigenvalue weighted by Gasteiger charge is 2.17. The predicted molar refractivity (Wildman–Crippen MR) is 77.2 cm³/mol. The van der Waals surface area contributed by atoms with Crippen LogP contribution in [-0.4, -0.2) is 18.1 Å². The number of hydrogen-bond donors (Lipinski definition) is 1. The fraction of sp³-hybridized carbons (Fsp3) is 0.167. The molecule has 0 saturated carbocycles. The number of ether oxygens (including phenoxy) is 1. The molecule has 0 bridgehead atoms. The van der Waals surface area contributed by atoms with Gasteiger partial charge in [0.1, 0.15) is 5.15 Å².